The van der Waals surface area contributed by atoms with E-state index in [9.17, 15) is 4.79 Å². The van der Waals surface area contributed by atoms with E-state index in [1.807, 2.05) is 23.6 Å². The number of aromatic amines is 1. The van der Waals surface area contributed by atoms with Crippen LogP contribution in [0.4, 0.5) is 0 Å². The molecule has 0 spiro atoms. The Morgan fingerprint density at radius 1 is 1.31 bits per heavy atom. The fourth-order valence-corrected chi connectivity index (χ4v) is 4.38. The van der Waals surface area contributed by atoms with Crippen LogP contribution in [0.25, 0.3) is 10.2 Å². The Morgan fingerprint density at radius 3 is 3.00 bits per heavy atom. The van der Waals surface area contributed by atoms with Gasteiger partial charge in [0.1, 0.15) is 22.0 Å². The number of fused-ring (bicyclic) bond motifs is 1. The third kappa shape index (κ3) is 3.08. The average Bonchev–Trinajstić information content (AvgIpc) is 3.30. The minimum atomic E-state index is -0.0576. The number of thiophene rings is 1. The lowest BCUT2D eigenvalue weighted by molar-refractivity contribution is 0.237. The first-order valence-corrected chi connectivity index (χ1v) is 9.50. The van der Waals surface area contributed by atoms with E-state index in [0.717, 1.165) is 42.0 Å². The summed E-state index contributed by atoms with van der Waals surface area (Å²) in [5, 5.41) is 1.90. The van der Waals surface area contributed by atoms with Crippen LogP contribution in [0.3, 0.4) is 0 Å². The molecule has 6 nitrogen and oxygen atoms in total. The number of hydrogen-bond donors (Lipinski definition) is 1. The molecule has 7 heteroatoms. The predicted octanol–water partition coefficient (Wildman–Crippen LogP) is 3.34. The summed E-state index contributed by atoms with van der Waals surface area (Å²) in [4.78, 5) is 22.1. The minimum Gasteiger partial charge on any atom is -0.497 e. The number of benzene rings is 1. The summed E-state index contributed by atoms with van der Waals surface area (Å²) in [6, 6.07) is 8.08. The highest BCUT2D eigenvalue weighted by molar-refractivity contribution is 7.17. The molecule has 0 unspecified atom stereocenters. The van der Waals surface area contributed by atoms with Crippen molar-refractivity contribution in [2.24, 2.45) is 0 Å². The van der Waals surface area contributed by atoms with Crippen molar-refractivity contribution in [1.29, 1.82) is 0 Å². The zero-order chi connectivity index (χ0) is 18.1. The average molecular weight is 371 g/mol. The van der Waals surface area contributed by atoms with Gasteiger partial charge in [-0.25, -0.2) is 4.98 Å². The van der Waals surface area contributed by atoms with Gasteiger partial charge in [-0.05, 0) is 36.9 Å². The molecule has 26 heavy (non-hydrogen) atoms. The summed E-state index contributed by atoms with van der Waals surface area (Å²) in [5.41, 5.74) is 1.86. The SMILES string of the molecule is COc1ccc([C@H]2CCCN2Cc2nc3ccsc3c(=O)[nH]2)c(OC)c1. The van der Waals surface area contributed by atoms with Gasteiger partial charge in [-0.2, -0.15) is 0 Å². The number of ether oxygens (including phenoxy) is 2. The van der Waals surface area contributed by atoms with E-state index < -0.39 is 0 Å². The second-order valence-corrected chi connectivity index (χ2v) is 7.30. The molecule has 1 fully saturated rings. The molecule has 1 saturated heterocycles. The quantitative estimate of drug-likeness (QED) is 0.745. The van der Waals surface area contributed by atoms with Gasteiger partial charge in [-0.15, -0.1) is 11.3 Å². The molecule has 3 aromatic rings. The molecule has 0 bridgehead atoms. The van der Waals surface area contributed by atoms with Crippen LogP contribution in [0.2, 0.25) is 0 Å². The van der Waals surface area contributed by atoms with E-state index in [4.69, 9.17) is 9.47 Å². The van der Waals surface area contributed by atoms with Crippen LogP contribution in [0, 0.1) is 0 Å². The van der Waals surface area contributed by atoms with Gasteiger partial charge in [0.2, 0.25) is 0 Å². The van der Waals surface area contributed by atoms with Crippen LogP contribution < -0.4 is 15.0 Å². The molecule has 1 aliphatic heterocycles. The standard InChI is InChI=1S/C19H21N3O3S/c1-24-12-5-6-13(16(10-12)25-2)15-4-3-8-22(15)11-17-20-14-7-9-26-18(14)19(23)21-17/h5-7,9-10,15H,3-4,8,11H2,1-2H3,(H,20,21,23)/t15-/m1/s1. The number of H-pyrrole nitrogens is 1. The second-order valence-electron chi connectivity index (χ2n) is 6.38. The van der Waals surface area contributed by atoms with Crippen LogP contribution in [0.1, 0.15) is 30.3 Å². The van der Waals surface area contributed by atoms with Crippen molar-refractivity contribution in [3.8, 4) is 11.5 Å². The predicted molar refractivity (Wildman–Crippen MR) is 102 cm³/mol. The lowest BCUT2D eigenvalue weighted by Crippen LogP contribution is -2.25. The molecule has 0 radical (unpaired) electrons. The Bertz CT molecular complexity index is 982. The van der Waals surface area contributed by atoms with Crippen LogP contribution in [-0.2, 0) is 6.54 Å². The fraction of sp³-hybridized carbons (Fsp3) is 0.368. The Kier molecular flexibility index (Phi) is 4.65. The van der Waals surface area contributed by atoms with Gasteiger partial charge in [0.05, 0.1) is 26.3 Å². The van der Waals surface area contributed by atoms with E-state index in [0.29, 0.717) is 17.1 Å². The molecule has 1 aromatic carbocycles. The van der Waals surface area contributed by atoms with E-state index in [2.05, 4.69) is 20.9 Å². The number of hydrogen-bond acceptors (Lipinski definition) is 6. The van der Waals surface area contributed by atoms with Crippen LogP contribution in [-0.4, -0.2) is 35.6 Å². The maximum Gasteiger partial charge on any atom is 0.268 e. The monoisotopic (exact) mass is 371 g/mol. The zero-order valence-corrected chi connectivity index (χ0v) is 15.6. The number of nitrogens with one attached hydrogen (secondary N) is 1. The van der Waals surface area contributed by atoms with E-state index in [1.165, 1.54) is 11.3 Å². The third-order valence-corrected chi connectivity index (χ3v) is 5.78. The Morgan fingerprint density at radius 2 is 2.19 bits per heavy atom. The molecule has 2 aromatic heterocycles. The normalized spacial score (nSPS) is 17.7. The maximum atomic E-state index is 12.2. The lowest BCUT2D eigenvalue weighted by atomic mass is 10.0. The molecular weight excluding hydrogens is 350 g/mol. The molecule has 0 amide bonds. The van der Waals surface area contributed by atoms with E-state index >= 15 is 0 Å². The number of methoxy groups -OCH3 is 2. The first kappa shape index (κ1) is 17.1. The van der Waals surface area contributed by atoms with Crippen molar-refractivity contribution in [2.75, 3.05) is 20.8 Å². The lowest BCUT2D eigenvalue weighted by Gasteiger charge is -2.26. The molecule has 0 aliphatic carbocycles. The van der Waals surface area contributed by atoms with Gasteiger partial charge in [-0.1, -0.05) is 6.07 Å². The molecule has 136 valence electrons. The van der Waals surface area contributed by atoms with Gasteiger partial charge in [0, 0.05) is 17.7 Å². The molecule has 3 heterocycles. The topological polar surface area (TPSA) is 67.5 Å². The van der Waals surface area contributed by atoms with Crippen molar-refractivity contribution in [1.82, 2.24) is 14.9 Å². The first-order chi connectivity index (χ1) is 12.7. The summed E-state index contributed by atoms with van der Waals surface area (Å²) in [5.74, 6) is 2.32. The largest absolute Gasteiger partial charge is 0.497 e. The van der Waals surface area contributed by atoms with Crippen LogP contribution in [0.15, 0.2) is 34.4 Å². The summed E-state index contributed by atoms with van der Waals surface area (Å²) in [6.45, 7) is 1.58. The second kappa shape index (κ2) is 7.09. The summed E-state index contributed by atoms with van der Waals surface area (Å²) in [6.07, 6.45) is 2.15. The highest BCUT2D eigenvalue weighted by Gasteiger charge is 2.29. The van der Waals surface area contributed by atoms with Crippen molar-refractivity contribution < 1.29 is 9.47 Å². The van der Waals surface area contributed by atoms with E-state index in [1.54, 1.807) is 14.2 Å². The smallest absolute Gasteiger partial charge is 0.268 e. The van der Waals surface area contributed by atoms with Crippen molar-refractivity contribution in [3.63, 3.8) is 0 Å². The van der Waals surface area contributed by atoms with Gasteiger partial charge in [0.25, 0.3) is 5.56 Å². The van der Waals surface area contributed by atoms with Gasteiger partial charge >= 0.3 is 0 Å². The Balaban J connectivity index is 1.63. The summed E-state index contributed by atoms with van der Waals surface area (Å²) >= 11 is 1.42. The maximum absolute atomic E-state index is 12.2. The highest BCUT2D eigenvalue weighted by Crippen LogP contribution is 2.39. The van der Waals surface area contributed by atoms with Gasteiger partial charge in [-0.3, -0.25) is 9.69 Å². The van der Waals surface area contributed by atoms with Crippen molar-refractivity contribution >= 4 is 21.6 Å². The molecular formula is C19H21N3O3S. The zero-order valence-electron chi connectivity index (χ0n) is 14.8. The fourth-order valence-electron chi connectivity index (χ4n) is 3.65. The Labute approximate surface area is 155 Å². The minimum absolute atomic E-state index is 0.0576. The molecule has 1 atom stereocenters. The molecule has 1 aliphatic rings. The van der Waals surface area contributed by atoms with Crippen LogP contribution in [0.5, 0.6) is 11.5 Å². The summed E-state index contributed by atoms with van der Waals surface area (Å²) in [7, 11) is 3.33. The van der Waals surface area contributed by atoms with E-state index in [-0.39, 0.29) is 11.6 Å². The van der Waals surface area contributed by atoms with Gasteiger partial charge in [0.15, 0.2) is 0 Å². The van der Waals surface area contributed by atoms with Crippen molar-refractivity contribution in [3.05, 3.63) is 51.4 Å². The van der Waals surface area contributed by atoms with Crippen molar-refractivity contribution in [2.45, 2.75) is 25.4 Å². The molecule has 1 N–H and O–H groups in total. The molecule has 4 rings (SSSR count). The summed E-state index contributed by atoms with van der Waals surface area (Å²) < 4.78 is 11.6. The Hall–Kier alpha value is -2.38. The first-order valence-electron chi connectivity index (χ1n) is 8.62. The molecule has 0 saturated carbocycles. The van der Waals surface area contributed by atoms with Gasteiger partial charge < -0.3 is 14.5 Å². The number of rotatable bonds is 5. The van der Waals surface area contributed by atoms with Crippen LogP contribution >= 0.6 is 11.3 Å². The number of nitrogens with zero attached hydrogens (tertiary/aromatic N) is 2. The number of likely N-dealkylation sites (tertiary alicyclic amines) is 1. The highest BCUT2D eigenvalue weighted by atomic mass is 32.1. The third-order valence-electron chi connectivity index (χ3n) is 4.88. The number of aromatic nitrogens is 2.